The van der Waals surface area contributed by atoms with Crippen molar-refractivity contribution in [2.75, 3.05) is 23.3 Å². The lowest BCUT2D eigenvalue weighted by Crippen LogP contribution is -2.49. The van der Waals surface area contributed by atoms with Crippen LogP contribution in [0.25, 0.3) is 0 Å². The lowest BCUT2D eigenvalue weighted by molar-refractivity contribution is -0.274. The van der Waals surface area contributed by atoms with Crippen molar-refractivity contribution in [1.29, 1.82) is 0 Å². The molecule has 1 aromatic heterocycles. The molecule has 7 nitrogen and oxygen atoms in total. The molecule has 0 spiro atoms. The number of hydrogen-bond acceptors (Lipinski definition) is 4. The molecule has 1 fully saturated rings. The Balaban J connectivity index is 1.55. The highest BCUT2D eigenvalue weighted by Gasteiger charge is 2.32. The normalized spacial score (nSPS) is 14.1. The van der Waals surface area contributed by atoms with Crippen LogP contribution in [0.1, 0.15) is 27.9 Å². The Morgan fingerprint density at radius 3 is 2.69 bits per heavy atom. The Bertz CT molecular complexity index is 1290. The minimum Gasteiger partial charge on any atom is -0.406 e. The highest BCUT2D eigenvalue weighted by Crippen LogP contribution is 2.31. The fourth-order valence-electron chi connectivity index (χ4n) is 3.94. The van der Waals surface area contributed by atoms with Crippen LogP contribution in [0, 0.1) is 6.92 Å². The number of carbonyl (C=O) groups is 2. The minimum absolute atomic E-state index is 0.0566. The molecule has 0 unspecified atom stereocenters. The second-order valence-corrected chi connectivity index (χ2v) is 8.58. The van der Waals surface area contributed by atoms with Gasteiger partial charge in [-0.25, -0.2) is 9.78 Å². The van der Waals surface area contributed by atoms with Crippen LogP contribution in [0.5, 0.6) is 5.75 Å². The molecular weight excluding hydrogens is 497 g/mol. The number of nitrogens with one attached hydrogen (secondary N) is 1. The topological polar surface area (TPSA) is 74.8 Å². The van der Waals surface area contributed by atoms with Crippen molar-refractivity contribution in [1.82, 2.24) is 9.88 Å². The Morgan fingerprint density at radius 1 is 1.14 bits per heavy atom. The maximum atomic E-state index is 13.4. The first-order valence-electron chi connectivity index (χ1n) is 11.0. The number of ether oxygens (including phenoxy) is 1. The Hall–Kier alpha value is -3.79. The maximum Gasteiger partial charge on any atom is 0.573 e. The summed E-state index contributed by atoms with van der Waals surface area (Å²) >= 11 is 6.06. The third kappa shape index (κ3) is 6.06. The predicted octanol–water partition coefficient (Wildman–Crippen LogP) is 6.03. The minimum atomic E-state index is -4.80. The van der Waals surface area contributed by atoms with Gasteiger partial charge in [0.05, 0.1) is 16.9 Å². The molecule has 3 aromatic rings. The molecule has 11 heteroatoms. The van der Waals surface area contributed by atoms with E-state index in [-0.39, 0.29) is 29.0 Å². The van der Waals surface area contributed by atoms with Gasteiger partial charge in [-0.05, 0) is 60.9 Å². The van der Waals surface area contributed by atoms with Crippen LogP contribution in [0.3, 0.4) is 0 Å². The third-order valence-electron chi connectivity index (χ3n) is 5.51. The predicted molar refractivity (Wildman–Crippen MR) is 129 cm³/mol. The summed E-state index contributed by atoms with van der Waals surface area (Å²) in [4.78, 5) is 33.2. The van der Waals surface area contributed by atoms with E-state index in [2.05, 4.69) is 15.0 Å². The van der Waals surface area contributed by atoms with E-state index in [0.717, 1.165) is 5.56 Å². The lowest BCUT2D eigenvalue weighted by Gasteiger charge is -2.36. The molecule has 0 atom stereocenters. The zero-order valence-corrected chi connectivity index (χ0v) is 19.9. The molecule has 4 rings (SSSR count). The molecule has 1 aliphatic heterocycles. The number of alkyl halides is 3. The number of rotatable bonds is 6. The smallest absolute Gasteiger partial charge is 0.406 e. The zero-order chi connectivity index (χ0) is 25.9. The van der Waals surface area contributed by atoms with E-state index in [1.165, 1.54) is 24.4 Å². The van der Waals surface area contributed by atoms with Crippen molar-refractivity contribution in [3.8, 4) is 5.75 Å². The van der Waals surface area contributed by atoms with Gasteiger partial charge >= 0.3 is 12.4 Å². The van der Waals surface area contributed by atoms with Crippen molar-refractivity contribution >= 4 is 34.9 Å². The number of amides is 3. The van der Waals surface area contributed by atoms with Crippen LogP contribution < -0.4 is 15.0 Å². The van der Waals surface area contributed by atoms with Crippen LogP contribution in [-0.4, -0.2) is 41.3 Å². The number of carbonyl (C=O) groups excluding carboxylic acids is 2. The summed E-state index contributed by atoms with van der Waals surface area (Å²) in [6, 6.07) is 13.7. The molecule has 36 heavy (non-hydrogen) atoms. The summed E-state index contributed by atoms with van der Waals surface area (Å²) in [6.45, 7) is 2.80. The quantitative estimate of drug-likeness (QED) is 0.404. The average molecular weight is 519 g/mol. The van der Waals surface area contributed by atoms with Gasteiger partial charge < -0.3 is 15.0 Å². The highest BCUT2D eigenvalue weighted by molar-refractivity contribution is 6.33. The monoisotopic (exact) mass is 518 g/mol. The standard InChI is InChI=1S/C25H22ClF3N4O3/c1-16-8-9-21(20(13-16)31-23(34)19-7-3-10-30-22(19)26)33-12-4-11-32(24(33)35)15-17-5-2-6-18(14-17)36-25(27,28)29/h2-3,5-10,13-14H,4,11-12,15H2,1H3,(H,31,34). The molecule has 0 radical (unpaired) electrons. The van der Waals surface area contributed by atoms with E-state index >= 15 is 0 Å². The van der Waals surface area contributed by atoms with Crippen molar-refractivity contribution in [2.45, 2.75) is 26.3 Å². The molecule has 0 saturated carbocycles. The molecule has 0 aliphatic carbocycles. The van der Waals surface area contributed by atoms with Gasteiger partial charge in [0.15, 0.2) is 0 Å². The Morgan fingerprint density at radius 2 is 1.94 bits per heavy atom. The summed E-state index contributed by atoms with van der Waals surface area (Å²) in [6.07, 6.45) is -2.70. The van der Waals surface area contributed by atoms with E-state index in [4.69, 9.17) is 11.6 Å². The van der Waals surface area contributed by atoms with Crippen molar-refractivity contribution in [3.63, 3.8) is 0 Å². The van der Waals surface area contributed by atoms with E-state index in [0.29, 0.717) is 36.4 Å². The summed E-state index contributed by atoms with van der Waals surface area (Å²) in [5, 5.41) is 2.88. The molecule has 1 saturated heterocycles. The first-order valence-corrected chi connectivity index (χ1v) is 11.4. The fraction of sp³-hybridized carbons (Fsp3) is 0.240. The van der Waals surface area contributed by atoms with Gasteiger partial charge in [0.1, 0.15) is 10.9 Å². The number of pyridine rings is 1. The number of aryl methyl sites for hydroxylation is 1. The zero-order valence-electron chi connectivity index (χ0n) is 19.2. The summed E-state index contributed by atoms with van der Waals surface area (Å²) < 4.78 is 41.7. The van der Waals surface area contributed by atoms with Crippen LogP contribution in [-0.2, 0) is 6.54 Å². The second-order valence-electron chi connectivity index (χ2n) is 8.22. The number of aromatic nitrogens is 1. The highest BCUT2D eigenvalue weighted by atomic mass is 35.5. The van der Waals surface area contributed by atoms with Gasteiger partial charge in [-0.15, -0.1) is 13.2 Å². The number of urea groups is 1. The number of benzene rings is 2. The van der Waals surface area contributed by atoms with Gasteiger partial charge in [-0.3, -0.25) is 9.69 Å². The van der Waals surface area contributed by atoms with Gasteiger partial charge in [0, 0.05) is 25.8 Å². The second kappa shape index (κ2) is 10.4. The molecule has 1 aliphatic rings. The van der Waals surface area contributed by atoms with Crippen LogP contribution in [0.2, 0.25) is 5.15 Å². The Kier molecular flexibility index (Phi) is 7.35. The van der Waals surface area contributed by atoms with Crippen molar-refractivity contribution in [2.24, 2.45) is 0 Å². The Labute approximate surface area is 210 Å². The third-order valence-corrected chi connectivity index (χ3v) is 5.81. The number of halogens is 4. The van der Waals surface area contributed by atoms with E-state index in [1.54, 1.807) is 40.1 Å². The molecule has 3 amide bonds. The molecule has 0 bridgehead atoms. The van der Waals surface area contributed by atoms with E-state index in [9.17, 15) is 22.8 Å². The van der Waals surface area contributed by atoms with Crippen LogP contribution in [0.4, 0.5) is 29.3 Å². The molecular formula is C25H22ClF3N4O3. The van der Waals surface area contributed by atoms with Crippen molar-refractivity contribution < 1.29 is 27.5 Å². The summed E-state index contributed by atoms with van der Waals surface area (Å²) in [5.74, 6) is -0.818. The summed E-state index contributed by atoms with van der Waals surface area (Å²) in [7, 11) is 0. The number of nitrogens with zero attached hydrogens (tertiary/aromatic N) is 3. The van der Waals surface area contributed by atoms with Crippen molar-refractivity contribution in [3.05, 3.63) is 82.6 Å². The van der Waals surface area contributed by atoms with Gasteiger partial charge in [0.2, 0.25) is 0 Å². The molecule has 188 valence electrons. The van der Waals surface area contributed by atoms with E-state index in [1.807, 2.05) is 13.0 Å². The molecule has 2 aromatic carbocycles. The number of hydrogen-bond donors (Lipinski definition) is 1. The SMILES string of the molecule is Cc1ccc(N2CCCN(Cc3cccc(OC(F)(F)F)c3)C2=O)c(NC(=O)c2cccnc2Cl)c1. The fourth-order valence-corrected chi connectivity index (χ4v) is 4.15. The first-order chi connectivity index (χ1) is 17.1. The van der Waals surface area contributed by atoms with Gasteiger partial charge in [0.25, 0.3) is 5.91 Å². The first kappa shape index (κ1) is 25.3. The largest absolute Gasteiger partial charge is 0.573 e. The maximum absolute atomic E-state index is 13.4. The van der Waals surface area contributed by atoms with Gasteiger partial charge in [-0.2, -0.15) is 0 Å². The van der Waals surface area contributed by atoms with Crippen LogP contribution in [0.15, 0.2) is 60.8 Å². The molecule has 1 N–H and O–H groups in total. The van der Waals surface area contributed by atoms with Crippen LogP contribution >= 0.6 is 11.6 Å². The lowest BCUT2D eigenvalue weighted by atomic mass is 10.1. The van der Waals surface area contributed by atoms with Gasteiger partial charge in [-0.1, -0.05) is 29.8 Å². The summed E-state index contributed by atoms with van der Waals surface area (Å²) in [5.41, 5.74) is 2.48. The number of anilines is 2. The average Bonchev–Trinajstić information content (AvgIpc) is 2.80. The molecule has 2 heterocycles. The van der Waals surface area contributed by atoms with E-state index < -0.39 is 12.3 Å².